The monoisotopic (exact) mass is 1030 g/mol. The normalized spacial score (nSPS) is 12.0. The second-order valence-electron chi connectivity index (χ2n) is 12.8. The summed E-state index contributed by atoms with van der Waals surface area (Å²) in [5.74, 6) is -16.7. The second-order valence-corrected chi connectivity index (χ2v) is 18.7. The molecule has 27 heteroatoms. The SMILES string of the molecule is Fc1cc2c3cc(F)c(F)cc3[s+](C(F)(F)F)c2cc1F.Fc1cc2c3cc(F)c(F)cc3[s+](C(F)(F)F)c2cc1F.Fc1cc2c3cc(F)c(F)cc3[s+](C(F)(F)F)c2cc1F.[F-].[F-].[F-]. The average Bonchev–Trinajstić information content (AvgIpc) is 3.74. The zero-order chi connectivity index (χ0) is 46.6. The van der Waals surface area contributed by atoms with Gasteiger partial charge in [0.1, 0.15) is 31.4 Å². The molecule has 0 bridgehead atoms. The fraction of sp³-hybridized carbons (Fsp3) is 0.0769. The van der Waals surface area contributed by atoms with Gasteiger partial charge in [-0.25, -0.2) is 52.7 Å². The molecule has 0 N–H and O–H groups in total. The molecule has 0 unspecified atom stereocenters. The van der Waals surface area contributed by atoms with E-state index in [0.29, 0.717) is 72.8 Å². The van der Waals surface area contributed by atoms with E-state index in [0.717, 1.165) is 0 Å². The third-order valence-electron chi connectivity index (χ3n) is 9.02. The Balaban J connectivity index is 0.000000212. The average molecular weight is 1030 g/mol. The Labute approximate surface area is 356 Å². The number of hydrogen-bond donors (Lipinski definition) is 0. The quantitative estimate of drug-likeness (QED) is 0.106. The van der Waals surface area contributed by atoms with Gasteiger partial charge in [0.15, 0.2) is 98.0 Å². The summed E-state index contributed by atoms with van der Waals surface area (Å²) in [7, 11) is -7.93. The molecule has 0 spiro atoms. The van der Waals surface area contributed by atoms with E-state index in [1.54, 1.807) is 0 Å². The van der Waals surface area contributed by atoms with Gasteiger partial charge in [0.25, 0.3) is 0 Å². The van der Waals surface area contributed by atoms with Gasteiger partial charge in [-0.15, -0.1) is 39.5 Å². The van der Waals surface area contributed by atoms with Crippen molar-refractivity contribution in [2.45, 2.75) is 16.5 Å². The number of thiophene rings is 3. The highest BCUT2D eigenvalue weighted by Gasteiger charge is 2.50. The topological polar surface area (TPSA) is 0 Å². The lowest BCUT2D eigenvalue weighted by Gasteiger charge is -1.97. The van der Waals surface area contributed by atoms with Gasteiger partial charge in [0.2, 0.25) is 0 Å². The Bertz CT molecular complexity index is 2790. The van der Waals surface area contributed by atoms with E-state index in [4.69, 9.17) is 0 Å². The zero-order valence-electron chi connectivity index (χ0n) is 30.7. The largest absolute Gasteiger partial charge is 1.00 e. The lowest BCUT2D eigenvalue weighted by molar-refractivity contribution is -0.0871. The van der Waals surface area contributed by atoms with Crippen LogP contribution < -0.4 is 14.1 Å². The number of fused-ring (bicyclic) bond motifs is 9. The van der Waals surface area contributed by atoms with Crippen molar-refractivity contribution in [2.75, 3.05) is 0 Å². The summed E-state index contributed by atoms with van der Waals surface area (Å²) in [6.07, 6.45) is 0. The summed E-state index contributed by atoms with van der Waals surface area (Å²) in [6, 6.07) is 5.98. The van der Waals surface area contributed by atoms with Crippen LogP contribution in [-0.4, -0.2) is 0 Å². The van der Waals surface area contributed by atoms with Gasteiger partial charge < -0.3 is 14.1 Å². The summed E-state index contributed by atoms with van der Waals surface area (Å²) >= 11 is 0. The Kier molecular flexibility index (Phi) is 14.6. The minimum atomic E-state index is -4.81. The van der Waals surface area contributed by atoms with Gasteiger partial charge in [0, 0.05) is 36.4 Å². The molecule has 0 aliphatic heterocycles. The molecular weight excluding hydrogens is 1020 g/mol. The number of halogens is 24. The maximum Gasteiger partial charge on any atom is 0.601 e. The third-order valence-corrected chi connectivity index (χ3v) is 15.1. The Morgan fingerprint density at radius 2 is 0.318 bits per heavy atom. The van der Waals surface area contributed by atoms with E-state index in [-0.39, 0.29) is 46.4 Å². The molecule has 0 fully saturated rings. The van der Waals surface area contributed by atoms with Crippen LogP contribution in [0.5, 0.6) is 0 Å². The van der Waals surface area contributed by atoms with Crippen LogP contribution in [0.2, 0.25) is 0 Å². The van der Waals surface area contributed by atoms with Gasteiger partial charge in [0.05, 0.1) is 32.3 Å². The van der Waals surface area contributed by atoms with E-state index in [9.17, 15) is 92.2 Å². The first-order valence-electron chi connectivity index (χ1n) is 16.5. The fourth-order valence-corrected chi connectivity index (χ4v) is 12.4. The standard InChI is InChI=1S/3C13H4F7S.3FH/c3*14-7-1-5-6-2-8(15)10(17)4-12(6)21(13(18,19)20)11(5)3-9(7)16;;;/h3*1-4H;3*1H/q3*+1;;;/p-3. The van der Waals surface area contributed by atoms with Crippen molar-refractivity contribution >= 4 is 91.9 Å². The van der Waals surface area contributed by atoms with Crippen molar-refractivity contribution in [3.8, 4) is 0 Å². The third kappa shape index (κ3) is 9.19. The first-order valence-corrected chi connectivity index (χ1v) is 20.2. The molecule has 0 aliphatic carbocycles. The highest BCUT2D eigenvalue weighted by Crippen LogP contribution is 2.57. The molecule has 0 radical (unpaired) electrons. The lowest BCUT2D eigenvalue weighted by atomic mass is 10.1. The Hall–Kier alpha value is -5.70. The predicted octanol–water partition coefficient (Wildman–Crippen LogP) is 8.34. The summed E-state index contributed by atoms with van der Waals surface area (Å²) in [5, 5.41) is -1.65. The fourth-order valence-electron chi connectivity index (χ4n) is 6.55. The number of benzene rings is 6. The molecule has 0 amide bonds. The molecule has 9 rings (SSSR count). The van der Waals surface area contributed by atoms with E-state index >= 15 is 0 Å². The van der Waals surface area contributed by atoms with Crippen LogP contribution in [0, 0.1) is 69.8 Å². The van der Waals surface area contributed by atoms with Crippen LogP contribution in [0.25, 0.3) is 60.5 Å². The molecule has 66 heavy (non-hydrogen) atoms. The van der Waals surface area contributed by atoms with Crippen molar-refractivity contribution in [2.24, 2.45) is 0 Å². The van der Waals surface area contributed by atoms with Gasteiger partial charge in [-0.05, 0) is 36.4 Å². The molecule has 0 nitrogen and oxygen atoms in total. The molecule has 9 aromatic rings. The smallest absolute Gasteiger partial charge is 0.601 e. The van der Waals surface area contributed by atoms with Crippen LogP contribution in [0.3, 0.4) is 0 Å². The predicted molar refractivity (Wildman–Crippen MR) is 195 cm³/mol. The van der Waals surface area contributed by atoms with Crippen LogP contribution >= 0.6 is 31.4 Å². The van der Waals surface area contributed by atoms with Gasteiger partial charge in [-0.2, -0.15) is 0 Å². The molecular formula is C39H12F24S3. The molecule has 0 aliphatic rings. The molecule has 0 saturated carbocycles. The molecule has 0 atom stereocenters. The lowest BCUT2D eigenvalue weighted by Crippen LogP contribution is -3.00. The van der Waals surface area contributed by atoms with Crippen molar-refractivity contribution in [3.05, 3.63) is 143 Å². The van der Waals surface area contributed by atoms with Gasteiger partial charge in [-0.1, -0.05) is 0 Å². The van der Waals surface area contributed by atoms with Crippen molar-refractivity contribution in [3.63, 3.8) is 0 Å². The Morgan fingerprint density at radius 1 is 0.212 bits per heavy atom. The zero-order valence-corrected chi connectivity index (χ0v) is 33.2. The molecule has 0 saturated heterocycles. The van der Waals surface area contributed by atoms with E-state index in [1.807, 2.05) is 0 Å². The molecule has 3 aromatic heterocycles. The maximum absolute atomic E-state index is 13.3. The first kappa shape index (κ1) is 52.9. The summed E-state index contributed by atoms with van der Waals surface area (Å²) in [4.78, 5) is 0. The van der Waals surface area contributed by atoms with Crippen molar-refractivity contribution < 1.29 is 106 Å². The highest BCUT2D eigenvalue weighted by molar-refractivity contribution is 7.44. The number of alkyl halides is 9. The van der Waals surface area contributed by atoms with Crippen LogP contribution in [0.4, 0.5) is 92.2 Å². The molecule has 6 aromatic carbocycles. The van der Waals surface area contributed by atoms with Crippen LogP contribution in [0.15, 0.2) is 72.8 Å². The Morgan fingerprint density at radius 3 is 0.424 bits per heavy atom. The summed E-state index contributed by atoms with van der Waals surface area (Å²) < 4.78 is 274. The van der Waals surface area contributed by atoms with Gasteiger partial charge >= 0.3 is 16.5 Å². The minimum absolute atomic E-state index is 0. The minimum Gasteiger partial charge on any atom is -1.00 e. The van der Waals surface area contributed by atoms with Crippen LogP contribution in [0.1, 0.15) is 0 Å². The van der Waals surface area contributed by atoms with E-state index < -0.39 is 146 Å². The second kappa shape index (κ2) is 18.2. The first-order chi connectivity index (χ1) is 29.1. The number of hydrogen-bond acceptors (Lipinski definition) is 0. The van der Waals surface area contributed by atoms with Crippen LogP contribution in [-0.2, 0) is 16.5 Å². The van der Waals surface area contributed by atoms with Crippen molar-refractivity contribution in [1.82, 2.24) is 0 Å². The van der Waals surface area contributed by atoms with E-state index in [2.05, 4.69) is 0 Å². The van der Waals surface area contributed by atoms with Gasteiger partial charge in [-0.3, -0.25) is 0 Å². The number of rotatable bonds is 0. The maximum atomic E-state index is 13.3. The van der Waals surface area contributed by atoms with E-state index in [1.165, 1.54) is 0 Å². The van der Waals surface area contributed by atoms with Crippen molar-refractivity contribution in [1.29, 1.82) is 0 Å². The molecule has 354 valence electrons. The molecule has 3 heterocycles. The summed E-state index contributed by atoms with van der Waals surface area (Å²) in [6.45, 7) is 0. The highest BCUT2D eigenvalue weighted by atomic mass is 32.2. The summed E-state index contributed by atoms with van der Waals surface area (Å²) in [5.41, 5.74) is -14.4.